The van der Waals surface area contributed by atoms with Crippen LogP contribution >= 0.6 is 12.4 Å². The third kappa shape index (κ3) is 3.47. The van der Waals surface area contributed by atoms with E-state index >= 15 is 0 Å². The van der Waals surface area contributed by atoms with Gasteiger partial charge < -0.3 is 10.6 Å². The zero-order chi connectivity index (χ0) is 16.6. The second-order valence-electron chi connectivity index (χ2n) is 7.03. The normalized spacial score (nSPS) is 19.7. The van der Waals surface area contributed by atoms with Gasteiger partial charge in [-0.25, -0.2) is 4.68 Å². The van der Waals surface area contributed by atoms with Crippen LogP contribution in [0.1, 0.15) is 36.5 Å². The smallest absolute Gasteiger partial charge is 0.274 e. The zero-order valence-electron chi connectivity index (χ0n) is 14.4. The number of carbonyl (C=O) groups is 1. The summed E-state index contributed by atoms with van der Waals surface area (Å²) < 4.78 is 1.81. The van der Waals surface area contributed by atoms with E-state index in [1.807, 2.05) is 52.9 Å². The molecule has 2 N–H and O–H groups in total. The van der Waals surface area contributed by atoms with Crippen molar-refractivity contribution in [2.45, 2.75) is 33.2 Å². The first-order chi connectivity index (χ1) is 10.9. The largest absolute Gasteiger partial charge is 0.337 e. The number of halogens is 1. The van der Waals surface area contributed by atoms with Crippen LogP contribution in [0.2, 0.25) is 0 Å². The van der Waals surface area contributed by atoms with E-state index in [1.165, 1.54) is 0 Å². The topological polar surface area (TPSA) is 64.2 Å². The van der Waals surface area contributed by atoms with E-state index in [9.17, 15) is 4.79 Å². The Labute approximate surface area is 149 Å². The quantitative estimate of drug-likeness (QED) is 0.907. The molecule has 1 fully saturated rings. The fourth-order valence-corrected chi connectivity index (χ4v) is 3.12. The summed E-state index contributed by atoms with van der Waals surface area (Å²) in [5.41, 5.74) is 8.51. The van der Waals surface area contributed by atoms with Gasteiger partial charge in [0.25, 0.3) is 5.91 Å². The Morgan fingerprint density at radius 1 is 1.29 bits per heavy atom. The molecule has 24 heavy (non-hydrogen) atoms. The maximum Gasteiger partial charge on any atom is 0.274 e. The number of hydrogen-bond acceptors (Lipinski definition) is 3. The molecule has 1 atom stereocenters. The molecule has 0 bridgehead atoms. The molecular weight excluding hydrogens is 324 g/mol. The van der Waals surface area contributed by atoms with E-state index in [0.717, 1.165) is 17.8 Å². The van der Waals surface area contributed by atoms with Crippen LogP contribution in [-0.2, 0) is 0 Å². The molecule has 0 radical (unpaired) electrons. The number of piperidine rings is 1. The molecule has 1 saturated heterocycles. The van der Waals surface area contributed by atoms with Crippen molar-refractivity contribution < 1.29 is 4.79 Å². The lowest BCUT2D eigenvalue weighted by molar-refractivity contribution is 0.0527. The fourth-order valence-electron chi connectivity index (χ4n) is 3.12. The molecule has 1 amide bonds. The standard InChI is InChI=1S/C18H24N4O.ClH/c1-13-11-15(20-22(13)14-7-5-4-6-8-14)17(23)21-10-9-16(19)18(2,3)12-21;/h4-8,11,16H,9-10,12,19H2,1-3H3;1H. The first-order valence-corrected chi connectivity index (χ1v) is 8.05. The molecule has 130 valence electrons. The number of para-hydroxylation sites is 1. The van der Waals surface area contributed by atoms with Crippen LogP contribution in [0.5, 0.6) is 0 Å². The summed E-state index contributed by atoms with van der Waals surface area (Å²) in [7, 11) is 0. The molecule has 1 aliphatic rings. The Morgan fingerprint density at radius 3 is 2.58 bits per heavy atom. The molecule has 2 heterocycles. The summed E-state index contributed by atoms with van der Waals surface area (Å²) in [5.74, 6) is -0.0113. The molecule has 5 nitrogen and oxygen atoms in total. The van der Waals surface area contributed by atoms with Gasteiger partial charge in [-0.1, -0.05) is 32.0 Å². The zero-order valence-corrected chi connectivity index (χ0v) is 15.2. The van der Waals surface area contributed by atoms with Crippen LogP contribution < -0.4 is 5.73 Å². The highest BCUT2D eigenvalue weighted by molar-refractivity contribution is 5.92. The number of hydrogen-bond donors (Lipinski definition) is 1. The number of nitrogens with zero attached hydrogens (tertiary/aromatic N) is 3. The van der Waals surface area contributed by atoms with Crippen LogP contribution in [0.3, 0.4) is 0 Å². The summed E-state index contributed by atoms with van der Waals surface area (Å²) in [5, 5.41) is 4.52. The van der Waals surface area contributed by atoms with Gasteiger partial charge in [-0.15, -0.1) is 12.4 Å². The third-order valence-corrected chi connectivity index (χ3v) is 4.71. The fraction of sp³-hybridized carbons (Fsp3) is 0.444. The van der Waals surface area contributed by atoms with Gasteiger partial charge >= 0.3 is 0 Å². The Hall–Kier alpha value is -1.85. The molecule has 1 aromatic heterocycles. The molecule has 1 aromatic carbocycles. The van der Waals surface area contributed by atoms with Gasteiger partial charge in [0.1, 0.15) is 0 Å². The summed E-state index contributed by atoms with van der Waals surface area (Å²) >= 11 is 0. The van der Waals surface area contributed by atoms with E-state index in [-0.39, 0.29) is 29.8 Å². The van der Waals surface area contributed by atoms with Gasteiger partial charge in [0.15, 0.2) is 5.69 Å². The summed E-state index contributed by atoms with van der Waals surface area (Å²) in [6.45, 7) is 7.56. The first-order valence-electron chi connectivity index (χ1n) is 8.05. The third-order valence-electron chi connectivity index (χ3n) is 4.71. The molecule has 0 saturated carbocycles. The number of benzene rings is 1. The highest BCUT2D eigenvalue weighted by atomic mass is 35.5. The SMILES string of the molecule is Cc1cc(C(=O)N2CCC(N)C(C)(C)C2)nn1-c1ccccc1.Cl. The lowest BCUT2D eigenvalue weighted by Crippen LogP contribution is -2.54. The molecule has 0 aliphatic carbocycles. The number of nitrogens with two attached hydrogens (primary N) is 1. The van der Waals surface area contributed by atoms with Crippen molar-refractivity contribution in [1.29, 1.82) is 0 Å². The van der Waals surface area contributed by atoms with Crippen molar-refractivity contribution >= 4 is 18.3 Å². The van der Waals surface area contributed by atoms with Crippen molar-refractivity contribution in [2.24, 2.45) is 11.1 Å². The second-order valence-corrected chi connectivity index (χ2v) is 7.03. The van der Waals surface area contributed by atoms with Crippen molar-refractivity contribution in [3.63, 3.8) is 0 Å². The highest BCUT2D eigenvalue weighted by Crippen LogP contribution is 2.28. The number of rotatable bonds is 2. The van der Waals surface area contributed by atoms with Crippen LogP contribution in [0.25, 0.3) is 5.69 Å². The predicted octanol–water partition coefficient (Wildman–Crippen LogP) is 2.80. The highest BCUT2D eigenvalue weighted by Gasteiger charge is 2.36. The number of carbonyl (C=O) groups excluding carboxylic acids is 1. The summed E-state index contributed by atoms with van der Waals surface area (Å²) in [6.07, 6.45) is 0.830. The maximum atomic E-state index is 12.8. The monoisotopic (exact) mass is 348 g/mol. The van der Waals surface area contributed by atoms with Crippen LogP contribution in [0, 0.1) is 12.3 Å². The molecule has 1 unspecified atom stereocenters. The van der Waals surface area contributed by atoms with Crippen LogP contribution in [0.4, 0.5) is 0 Å². The Kier molecular flexibility index (Phi) is 5.35. The number of amides is 1. The maximum absolute atomic E-state index is 12.8. The Bertz CT molecular complexity index is 711. The number of likely N-dealkylation sites (tertiary alicyclic amines) is 1. The minimum atomic E-state index is -0.0645. The molecular formula is C18H25ClN4O. The molecule has 1 aliphatic heterocycles. The van der Waals surface area contributed by atoms with E-state index < -0.39 is 0 Å². The Morgan fingerprint density at radius 2 is 1.96 bits per heavy atom. The van der Waals surface area contributed by atoms with Crippen molar-refractivity contribution in [2.75, 3.05) is 13.1 Å². The van der Waals surface area contributed by atoms with E-state index in [2.05, 4.69) is 18.9 Å². The van der Waals surface area contributed by atoms with Crippen molar-refractivity contribution in [1.82, 2.24) is 14.7 Å². The molecule has 0 spiro atoms. The van der Waals surface area contributed by atoms with Gasteiger partial charge in [0, 0.05) is 24.8 Å². The van der Waals surface area contributed by atoms with Gasteiger partial charge in [-0.2, -0.15) is 5.10 Å². The first kappa shape index (κ1) is 18.5. The van der Waals surface area contributed by atoms with Gasteiger partial charge in [-0.05, 0) is 37.0 Å². The second kappa shape index (κ2) is 6.95. The van der Waals surface area contributed by atoms with Crippen LogP contribution in [0.15, 0.2) is 36.4 Å². The minimum absolute atomic E-state index is 0. The molecule has 6 heteroatoms. The van der Waals surface area contributed by atoms with Gasteiger partial charge in [-0.3, -0.25) is 4.79 Å². The summed E-state index contributed by atoms with van der Waals surface area (Å²) in [6, 6.07) is 11.9. The molecule has 3 rings (SSSR count). The van der Waals surface area contributed by atoms with Crippen LogP contribution in [-0.4, -0.2) is 39.7 Å². The van der Waals surface area contributed by atoms with E-state index in [4.69, 9.17) is 5.73 Å². The molecule has 2 aromatic rings. The summed E-state index contributed by atoms with van der Waals surface area (Å²) in [4.78, 5) is 14.7. The van der Waals surface area contributed by atoms with E-state index in [1.54, 1.807) is 0 Å². The van der Waals surface area contributed by atoms with E-state index in [0.29, 0.717) is 18.8 Å². The lowest BCUT2D eigenvalue weighted by Gasteiger charge is -2.42. The predicted molar refractivity (Wildman–Crippen MR) is 97.8 cm³/mol. The Balaban J connectivity index is 0.00000208. The minimum Gasteiger partial charge on any atom is -0.337 e. The van der Waals surface area contributed by atoms with Gasteiger partial charge in [0.05, 0.1) is 5.69 Å². The lowest BCUT2D eigenvalue weighted by atomic mass is 9.79. The van der Waals surface area contributed by atoms with Gasteiger partial charge in [0.2, 0.25) is 0 Å². The average Bonchev–Trinajstić information content (AvgIpc) is 2.92. The number of aryl methyl sites for hydroxylation is 1. The average molecular weight is 349 g/mol. The number of aromatic nitrogens is 2. The van der Waals surface area contributed by atoms with Crippen molar-refractivity contribution in [3.05, 3.63) is 47.8 Å². The van der Waals surface area contributed by atoms with Crippen molar-refractivity contribution in [3.8, 4) is 5.69 Å².